The summed E-state index contributed by atoms with van der Waals surface area (Å²) in [4.78, 5) is 28.5. The van der Waals surface area contributed by atoms with Crippen LogP contribution in [0.25, 0.3) is 11.0 Å². The van der Waals surface area contributed by atoms with Gasteiger partial charge in [-0.1, -0.05) is 42.3 Å². The normalized spacial score (nSPS) is 11.7. The van der Waals surface area contributed by atoms with Crippen molar-refractivity contribution in [2.45, 2.75) is 26.8 Å². The van der Waals surface area contributed by atoms with Gasteiger partial charge in [0.25, 0.3) is 0 Å². The third-order valence-corrected chi connectivity index (χ3v) is 7.83. The van der Waals surface area contributed by atoms with Crippen LogP contribution in [0.1, 0.15) is 30.5 Å². The number of nitrogens with one attached hydrogen (secondary N) is 1. The van der Waals surface area contributed by atoms with Gasteiger partial charge in [0.05, 0.1) is 21.5 Å². The second-order valence-corrected chi connectivity index (χ2v) is 11.5. The van der Waals surface area contributed by atoms with Crippen molar-refractivity contribution >= 4 is 56.0 Å². The minimum absolute atomic E-state index is 0.0671. The number of amides is 1. The maximum Gasteiger partial charge on any atom is 0.414 e. The van der Waals surface area contributed by atoms with Crippen LogP contribution in [0.3, 0.4) is 0 Å². The second-order valence-electron chi connectivity index (χ2n) is 8.68. The summed E-state index contributed by atoms with van der Waals surface area (Å²) in [5.74, 6) is -0.0421. The van der Waals surface area contributed by atoms with E-state index in [1.54, 1.807) is 24.3 Å². The lowest BCUT2D eigenvalue weighted by molar-refractivity contribution is 0.172. The molecule has 3 aromatic rings. The van der Waals surface area contributed by atoms with Crippen molar-refractivity contribution in [3.8, 4) is 5.75 Å². The molecule has 37 heavy (non-hydrogen) atoms. The van der Waals surface area contributed by atoms with Crippen LogP contribution in [-0.2, 0) is 23.0 Å². The number of sulfonamides is 1. The fraction of sp³-hybridized carbons (Fsp3) is 0.360. The van der Waals surface area contributed by atoms with E-state index in [-0.39, 0.29) is 39.2 Å². The minimum atomic E-state index is -3.55. The molecule has 9 nitrogen and oxygen atoms in total. The Bertz CT molecular complexity index is 1490. The Balaban J connectivity index is 2.16. The number of benzene rings is 2. The van der Waals surface area contributed by atoms with Gasteiger partial charge in [0.1, 0.15) is 5.58 Å². The summed E-state index contributed by atoms with van der Waals surface area (Å²) in [6, 6.07) is 7.97. The van der Waals surface area contributed by atoms with Gasteiger partial charge in [0, 0.05) is 44.1 Å². The van der Waals surface area contributed by atoms with Crippen molar-refractivity contribution < 1.29 is 22.4 Å². The predicted octanol–water partition coefficient (Wildman–Crippen LogP) is 4.96. The van der Waals surface area contributed by atoms with E-state index in [0.29, 0.717) is 35.2 Å². The largest absolute Gasteiger partial charge is 0.422 e. The predicted molar refractivity (Wildman–Crippen MR) is 147 cm³/mol. The molecule has 1 N–H and O–H groups in total. The van der Waals surface area contributed by atoms with E-state index < -0.39 is 21.7 Å². The SMILES string of the molecule is CCN(C)Cc1c(Cc2cccc(NS(=O)(=O)CC)c2Cl)c(=O)oc2cc(OC(=O)N(C)C)c(Cl)cc12. The topological polar surface area (TPSA) is 109 Å². The Labute approximate surface area is 225 Å². The zero-order chi connectivity index (χ0) is 27.5. The average molecular weight is 570 g/mol. The summed E-state index contributed by atoms with van der Waals surface area (Å²) in [5.41, 5.74) is 1.45. The molecular weight excluding hydrogens is 541 g/mol. The smallest absolute Gasteiger partial charge is 0.414 e. The van der Waals surface area contributed by atoms with E-state index in [4.69, 9.17) is 32.4 Å². The van der Waals surface area contributed by atoms with Gasteiger partial charge in [-0.3, -0.25) is 4.72 Å². The first kappa shape index (κ1) is 28.8. The van der Waals surface area contributed by atoms with Gasteiger partial charge >= 0.3 is 11.7 Å². The quantitative estimate of drug-likeness (QED) is 0.362. The first-order valence-electron chi connectivity index (χ1n) is 11.5. The third kappa shape index (κ3) is 6.75. The highest BCUT2D eigenvalue weighted by Gasteiger charge is 2.21. The number of carbonyl (C=O) groups is 1. The van der Waals surface area contributed by atoms with E-state index in [0.717, 1.165) is 0 Å². The zero-order valence-corrected chi connectivity index (χ0v) is 23.6. The molecule has 1 heterocycles. The molecular formula is C25H29Cl2N3O6S. The Morgan fingerprint density at radius 3 is 2.43 bits per heavy atom. The molecule has 0 fully saturated rings. The van der Waals surface area contributed by atoms with E-state index in [2.05, 4.69) is 4.72 Å². The molecule has 0 aliphatic heterocycles. The van der Waals surface area contributed by atoms with Crippen LogP contribution in [0.15, 0.2) is 39.5 Å². The van der Waals surface area contributed by atoms with Crippen LogP contribution in [0.5, 0.6) is 5.75 Å². The molecule has 0 aliphatic carbocycles. The molecule has 1 amide bonds. The number of nitrogens with zero attached hydrogens (tertiary/aromatic N) is 2. The Morgan fingerprint density at radius 2 is 1.81 bits per heavy atom. The van der Waals surface area contributed by atoms with Gasteiger partial charge in [-0.2, -0.15) is 0 Å². The summed E-state index contributed by atoms with van der Waals surface area (Å²) in [7, 11) is 1.44. The standard InChI is InChI=1S/C25H29Cl2N3O6S/c1-6-30(5)14-18-16-12-19(26)22(36-25(32)29(3)4)13-21(16)35-24(31)17(18)11-15-9-8-10-20(23(15)27)28-37(33,34)7-2/h8-10,12-13,28H,6-7,11,14H2,1-5H3. The third-order valence-electron chi connectivity index (χ3n) is 5.79. The minimum Gasteiger partial charge on any atom is -0.422 e. The highest BCUT2D eigenvalue weighted by molar-refractivity contribution is 7.92. The van der Waals surface area contributed by atoms with E-state index >= 15 is 0 Å². The first-order valence-corrected chi connectivity index (χ1v) is 13.9. The first-order chi connectivity index (χ1) is 17.4. The number of halogens is 2. The molecule has 0 bridgehead atoms. The molecule has 12 heteroatoms. The molecule has 0 radical (unpaired) electrons. The van der Waals surface area contributed by atoms with Crippen molar-refractivity contribution in [2.75, 3.05) is 38.2 Å². The van der Waals surface area contributed by atoms with Gasteiger partial charge in [-0.15, -0.1) is 0 Å². The molecule has 0 spiro atoms. The fourth-order valence-electron chi connectivity index (χ4n) is 3.53. The molecule has 1 aromatic heterocycles. The van der Waals surface area contributed by atoms with E-state index in [9.17, 15) is 18.0 Å². The Hall–Kier alpha value is -2.79. The van der Waals surface area contributed by atoms with Crippen LogP contribution in [0.2, 0.25) is 10.0 Å². The van der Waals surface area contributed by atoms with E-state index in [1.165, 1.54) is 32.0 Å². The van der Waals surface area contributed by atoms with Crippen molar-refractivity contribution in [3.05, 3.63) is 67.5 Å². The van der Waals surface area contributed by atoms with Gasteiger partial charge < -0.3 is 19.0 Å². The van der Waals surface area contributed by atoms with Crippen molar-refractivity contribution in [1.82, 2.24) is 9.80 Å². The maximum atomic E-state index is 13.2. The Morgan fingerprint density at radius 1 is 1.11 bits per heavy atom. The van der Waals surface area contributed by atoms with Gasteiger partial charge in [0.15, 0.2) is 5.75 Å². The number of ether oxygens (including phenoxy) is 1. The summed E-state index contributed by atoms with van der Waals surface area (Å²) < 4.78 is 37.6. The molecule has 200 valence electrons. The van der Waals surface area contributed by atoms with Gasteiger partial charge in [-0.05, 0) is 43.8 Å². The molecule has 2 aromatic carbocycles. The van der Waals surface area contributed by atoms with Crippen molar-refractivity contribution in [3.63, 3.8) is 0 Å². The molecule has 3 rings (SSSR count). The zero-order valence-electron chi connectivity index (χ0n) is 21.2. The number of hydrogen-bond acceptors (Lipinski definition) is 7. The highest BCUT2D eigenvalue weighted by atomic mass is 35.5. The summed E-state index contributed by atoms with van der Waals surface area (Å²) in [5, 5.41) is 0.957. The molecule has 0 saturated heterocycles. The fourth-order valence-corrected chi connectivity index (χ4v) is 4.68. The molecule has 0 saturated carbocycles. The summed E-state index contributed by atoms with van der Waals surface area (Å²) in [6.45, 7) is 4.62. The van der Waals surface area contributed by atoms with Crippen LogP contribution >= 0.6 is 23.2 Å². The van der Waals surface area contributed by atoms with Crippen LogP contribution in [0.4, 0.5) is 10.5 Å². The summed E-state index contributed by atoms with van der Waals surface area (Å²) in [6.07, 6.45) is -0.528. The monoisotopic (exact) mass is 569 g/mol. The highest BCUT2D eigenvalue weighted by Crippen LogP contribution is 2.35. The lowest BCUT2D eigenvalue weighted by atomic mass is 9.97. The molecule has 0 atom stereocenters. The van der Waals surface area contributed by atoms with Gasteiger partial charge in [0.2, 0.25) is 10.0 Å². The van der Waals surface area contributed by atoms with E-state index in [1.807, 2.05) is 18.9 Å². The number of fused-ring (bicyclic) bond motifs is 1. The second kappa shape index (κ2) is 11.7. The number of carbonyl (C=O) groups excluding carboxylic acids is 1. The Kier molecular flexibility index (Phi) is 9.12. The van der Waals surface area contributed by atoms with Crippen LogP contribution < -0.4 is 15.1 Å². The van der Waals surface area contributed by atoms with Crippen molar-refractivity contribution in [2.24, 2.45) is 0 Å². The lowest BCUT2D eigenvalue weighted by Gasteiger charge is -2.19. The van der Waals surface area contributed by atoms with Crippen LogP contribution in [-0.4, -0.2) is 57.8 Å². The van der Waals surface area contributed by atoms with Crippen molar-refractivity contribution in [1.29, 1.82) is 0 Å². The molecule has 0 aliphatic rings. The maximum absolute atomic E-state index is 13.2. The van der Waals surface area contributed by atoms with Crippen LogP contribution in [0, 0.1) is 0 Å². The number of rotatable bonds is 9. The lowest BCUT2D eigenvalue weighted by Crippen LogP contribution is -2.25. The number of anilines is 1. The average Bonchev–Trinajstić information content (AvgIpc) is 2.84. The molecule has 0 unspecified atom stereocenters. The summed E-state index contributed by atoms with van der Waals surface area (Å²) >= 11 is 13.0. The number of hydrogen-bond donors (Lipinski definition) is 1. The van der Waals surface area contributed by atoms with Gasteiger partial charge in [-0.25, -0.2) is 18.0 Å².